The van der Waals surface area contributed by atoms with Crippen LogP contribution in [0.15, 0.2) is 27.8 Å². The minimum Gasteiger partial charge on any atom is -0.445 e. The first-order valence-electron chi connectivity index (χ1n) is 8.01. The van der Waals surface area contributed by atoms with Gasteiger partial charge in [-0.1, -0.05) is 0 Å². The molecule has 0 saturated carbocycles. The van der Waals surface area contributed by atoms with Gasteiger partial charge in [0.1, 0.15) is 5.76 Å². The zero-order valence-corrected chi connectivity index (χ0v) is 14.3. The van der Waals surface area contributed by atoms with Gasteiger partial charge in [0.05, 0.1) is 25.5 Å². The standard InChI is InChI=1S/C16H23N5O3/c1-12-8-18-14(24-12)11-21-6-7-23-13(10-21)9-20(3)15-16(22)19(2)5-4-17-15/h4-5,8,13H,6-7,9-11H2,1-3H3/t13-/m0/s1. The lowest BCUT2D eigenvalue weighted by molar-refractivity contribution is -0.0288. The third-order valence-electron chi connectivity index (χ3n) is 4.09. The normalized spacial score (nSPS) is 18.7. The second-order valence-electron chi connectivity index (χ2n) is 6.14. The predicted octanol–water partition coefficient (Wildman–Crippen LogP) is 0.414. The molecule has 0 aromatic carbocycles. The van der Waals surface area contributed by atoms with Crippen molar-refractivity contribution in [3.05, 3.63) is 40.6 Å². The molecule has 0 amide bonds. The molecule has 1 fully saturated rings. The highest BCUT2D eigenvalue weighted by molar-refractivity contribution is 5.34. The van der Waals surface area contributed by atoms with Gasteiger partial charge < -0.3 is 18.6 Å². The first-order chi connectivity index (χ1) is 11.5. The molecule has 130 valence electrons. The predicted molar refractivity (Wildman–Crippen MR) is 89.0 cm³/mol. The van der Waals surface area contributed by atoms with Crippen LogP contribution in [0.3, 0.4) is 0 Å². The molecular formula is C16H23N5O3. The minimum atomic E-state index is -0.108. The summed E-state index contributed by atoms with van der Waals surface area (Å²) in [6.07, 6.45) is 5.02. The highest BCUT2D eigenvalue weighted by atomic mass is 16.5. The second kappa shape index (κ2) is 7.14. The van der Waals surface area contributed by atoms with E-state index in [-0.39, 0.29) is 11.7 Å². The summed E-state index contributed by atoms with van der Waals surface area (Å²) in [5.74, 6) is 1.98. The van der Waals surface area contributed by atoms with Gasteiger partial charge in [0.2, 0.25) is 5.89 Å². The van der Waals surface area contributed by atoms with Gasteiger partial charge in [0, 0.05) is 46.1 Å². The molecule has 8 nitrogen and oxygen atoms in total. The van der Waals surface area contributed by atoms with Crippen molar-refractivity contribution in [1.82, 2.24) is 19.4 Å². The number of morpholine rings is 1. The summed E-state index contributed by atoms with van der Waals surface area (Å²) >= 11 is 0. The van der Waals surface area contributed by atoms with Crippen molar-refractivity contribution >= 4 is 5.82 Å². The lowest BCUT2D eigenvalue weighted by Crippen LogP contribution is -2.47. The molecule has 3 rings (SSSR count). The molecule has 0 unspecified atom stereocenters. The topological polar surface area (TPSA) is 76.6 Å². The Morgan fingerprint density at radius 2 is 2.25 bits per heavy atom. The van der Waals surface area contributed by atoms with E-state index in [1.165, 1.54) is 4.57 Å². The van der Waals surface area contributed by atoms with Crippen LogP contribution in [0.5, 0.6) is 0 Å². The molecule has 0 bridgehead atoms. The van der Waals surface area contributed by atoms with Gasteiger partial charge in [0.25, 0.3) is 5.56 Å². The number of oxazole rings is 1. The summed E-state index contributed by atoms with van der Waals surface area (Å²) in [5, 5.41) is 0. The van der Waals surface area contributed by atoms with Gasteiger partial charge in [-0.2, -0.15) is 0 Å². The number of rotatable bonds is 5. The number of hydrogen-bond acceptors (Lipinski definition) is 7. The van der Waals surface area contributed by atoms with E-state index in [2.05, 4.69) is 14.9 Å². The lowest BCUT2D eigenvalue weighted by atomic mass is 10.2. The van der Waals surface area contributed by atoms with Gasteiger partial charge in [0.15, 0.2) is 5.82 Å². The Bertz CT molecular complexity index is 741. The highest BCUT2D eigenvalue weighted by Crippen LogP contribution is 2.12. The van der Waals surface area contributed by atoms with Crippen LogP contribution in [0, 0.1) is 6.92 Å². The van der Waals surface area contributed by atoms with E-state index < -0.39 is 0 Å². The zero-order chi connectivity index (χ0) is 17.1. The van der Waals surface area contributed by atoms with Gasteiger partial charge >= 0.3 is 0 Å². The zero-order valence-electron chi connectivity index (χ0n) is 14.3. The Balaban J connectivity index is 1.60. The van der Waals surface area contributed by atoms with Gasteiger partial charge in [-0.25, -0.2) is 9.97 Å². The van der Waals surface area contributed by atoms with Crippen LogP contribution in [0.4, 0.5) is 5.82 Å². The fourth-order valence-corrected chi connectivity index (χ4v) is 2.84. The molecular weight excluding hydrogens is 310 g/mol. The monoisotopic (exact) mass is 333 g/mol. The SMILES string of the molecule is Cc1cnc(CN2CCO[C@@H](CN(C)c3nccn(C)c3=O)C2)o1. The molecule has 2 aromatic rings. The Kier molecular flexibility index (Phi) is 4.96. The summed E-state index contributed by atoms with van der Waals surface area (Å²) in [5.41, 5.74) is -0.108. The number of likely N-dealkylation sites (N-methyl/N-ethyl adjacent to an activating group) is 1. The van der Waals surface area contributed by atoms with E-state index >= 15 is 0 Å². The molecule has 2 aromatic heterocycles. The summed E-state index contributed by atoms with van der Waals surface area (Å²) in [4.78, 5) is 24.7. The molecule has 0 aliphatic carbocycles. The van der Waals surface area contributed by atoms with E-state index in [1.54, 1.807) is 25.6 Å². The van der Waals surface area contributed by atoms with Crippen molar-refractivity contribution in [2.45, 2.75) is 19.6 Å². The van der Waals surface area contributed by atoms with Crippen molar-refractivity contribution in [3.8, 4) is 0 Å². The third-order valence-corrected chi connectivity index (χ3v) is 4.09. The lowest BCUT2D eigenvalue weighted by Gasteiger charge is -2.34. The van der Waals surface area contributed by atoms with Crippen LogP contribution in [-0.4, -0.2) is 58.8 Å². The smallest absolute Gasteiger partial charge is 0.293 e. The Morgan fingerprint density at radius 1 is 1.42 bits per heavy atom. The summed E-state index contributed by atoms with van der Waals surface area (Å²) in [7, 11) is 3.59. The van der Waals surface area contributed by atoms with E-state index in [0.29, 0.717) is 25.5 Å². The van der Waals surface area contributed by atoms with Gasteiger partial charge in [-0.15, -0.1) is 0 Å². The van der Waals surface area contributed by atoms with Crippen LogP contribution >= 0.6 is 0 Å². The second-order valence-corrected chi connectivity index (χ2v) is 6.14. The van der Waals surface area contributed by atoms with Crippen LogP contribution in [-0.2, 0) is 18.3 Å². The van der Waals surface area contributed by atoms with Crippen LogP contribution < -0.4 is 10.5 Å². The van der Waals surface area contributed by atoms with E-state index in [4.69, 9.17) is 9.15 Å². The van der Waals surface area contributed by atoms with Gasteiger partial charge in [-0.3, -0.25) is 9.69 Å². The van der Waals surface area contributed by atoms with Crippen molar-refractivity contribution < 1.29 is 9.15 Å². The maximum atomic E-state index is 12.1. The summed E-state index contributed by atoms with van der Waals surface area (Å²) < 4.78 is 12.9. The maximum Gasteiger partial charge on any atom is 0.293 e. The molecule has 1 atom stereocenters. The molecule has 1 aliphatic heterocycles. The van der Waals surface area contributed by atoms with Crippen LogP contribution in [0.25, 0.3) is 0 Å². The first kappa shape index (κ1) is 16.7. The number of ether oxygens (including phenoxy) is 1. The molecule has 3 heterocycles. The quantitative estimate of drug-likeness (QED) is 0.784. The fraction of sp³-hybridized carbons (Fsp3) is 0.562. The molecule has 0 N–H and O–H groups in total. The molecule has 1 saturated heterocycles. The van der Waals surface area contributed by atoms with Crippen molar-refractivity contribution in [1.29, 1.82) is 0 Å². The van der Waals surface area contributed by atoms with Crippen molar-refractivity contribution in [2.24, 2.45) is 7.05 Å². The van der Waals surface area contributed by atoms with Crippen molar-refractivity contribution in [2.75, 3.05) is 38.2 Å². The number of aromatic nitrogens is 3. The fourth-order valence-electron chi connectivity index (χ4n) is 2.84. The third kappa shape index (κ3) is 3.82. The van der Waals surface area contributed by atoms with E-state index in [0.717, 1.165) is 24.7 Å². The Labute approximate surface area is 140 Å². The summed E-state index contributed by atoms with van der Waals surface area (Å²) in [6, 6.07) is 0. The molecule has 1 aliphatic rings. The molecule has 0 radical (unpaired) electrons. The number of nitrogens with zero attached hydrogens (tertiary/aromatic N) is 5. The van der Waals surface area contributed by atoms with Gasteiger partial charge in [-0.05, 0) is 6.92 Å². The van der Waals surface area contributed by atoms with E-state index in [9.17, 15) is 4.79 Å². The van der Waals surface area contributed by atoms with Crippen LogP contribution in [0.2, 0.25) is 0 Å². The average Bonchev–Trinajstić information content (AvgIpc) is 2.95. The minimum absolute atomic E-state index is 0.00604. The largest absolute Gasteiger partial charge is 0.445 e. The first-order valence-corrected chi connectivity index (χ1v) is 8.01. The van der Waals surface area contributed by atoms with E-state index in [1.807, 2.05) is 18.9 Å². The van der Waals surface area contributed by atoms with Crippen LogP contribution in [0.1, 0.15) is 11.7 Å². The maximum absolute atomic E-state index is 12.1. The van der Waals surface area contributed by atoms with Crippen molar-refractivity contribution in [3.63, 3.8) is 0 Å². The average molecular weight is 333 g/mol. The highest BCUT2D eigenvalue weighted by Gasteiger charge is 2.24. The number of hydrogen-bond donors (Lipinski definition) is 0. The Hall–Kier alpha value is -2.19. The molecule has 0 spiro atoms. The Morgan fingerprint density at radius 3 is 3.00 bits per heavy atom. The molecule has 8 heteroatoms. The molecule has 24 heavy (non-hydrogen) atoms. The number of anilines is 1. The number of aryl methyl sites for hydroxylation is 2. The summed E-state index contributed by atoms with van der Waals surface area (Å²) in [6.45, 7) is 5.42.